The van der Waals surface area contributed by atoms with Crippen LogP contribution in [-0.4, -0.2) is 37.4 Å². The molecule has 1 aromatic rings. The summed E-state index contributed by atoms with van der Waals surface area (Å²) >= 11 is 3.66. The molecule has 1 saturated heterocycles. The van der Waals surface area contributed by atoms with Crippen LogP contribution < -0.4 is 10.2 Å². The molecule has 1 unspecified atom stereocenters. The molecular weight excluding hydrogens is 292 g/mol. The van der Waals surface area contributed by atoms with Crippen molar-refractivity contribution in [2.45, 2.75) is 25.8 Å². The first kappa shape index (κ1) is 13.8. The first-order valence-electron chi connectivity index (χ1n) is 6.56. The van der Waals surface area contributed by atoms with Crippen LogP contribution in [0.25, 0.3) is 0 Å². The lowest BCUT2D eigenvalue weighted by Crippen LogP contribution is -2.40. The normalized spacial score (nSPS) is 20.8. The molecule has 0 bridgehead atoms. The number of aliphatic hydroxyl groups excluding tert-OH is 1. The number of aryl methyl sites for hydroxylation is 1. The minimum atomic E-state index is 0.242. The van der Waals surface area contributed by atoms with Crippen molar-refractivity contribution >= 4 is 21.6 Å². The van der Waals surface area contributed by atoms with Crippen molar-refractivity contribution in [3.05, 3.63) is 28.2 Å². The van der Waals surface area contributed by atoms with Crippen LogP contribution in [0, 0.1) is 6.92 Å². The Labute approximate surface area is 117 Å². The molecule has 1 aliphatic rings. The number of halogens is 1. The van der Waals surface area contributed by atoms with E-state index in [2.05, 4.69) is 51.3 Å². The molecule has 0 aliphatic carbocycles. The third-order valence-electron chi connectivity index (χ3n) is 3.45. The maximum absolute atomic E-state index is 9.22. The lowest BCUT2D eigenvalue weighted by Gasteiger charge is -2.32. The van der Waals surface area contributed by atoms with E-state index < -0.39 is 0 Å². The Hall–Kier alpha value is -0.580. The Kier molecular flexibility index (Phi) is 5.03. The van der Waals surface area contributed by atoms with Crippen molar-refractivity contribution in [3.8, 4) is 0 Å². The van der Waals surface area contributed by atoms with E-state index in [1.165, 1.54) is 11.3 Å². The number of hydrogen-bond donors (Lipinski definition) is 2. The van der Waals surface area contributed by atoms with E-state index in [0.717, 1.165) is 36.9 Å². The molecule has 1 aliphatic heterocycles. The van der Waals surface area contributed by atoms with Gasteiger partial charge in [-0.2, -0.15) is 0 Å². The van der Waals surface area contributed by atoms with Gasteiger partial charge in [-0.15, -0.1) is 0 Å². The summed E-state index contributed by atoms with van der Waals surface area (Å²) in [5, 5.41) is 12.7. The molecule has 4 heteroatoms. The molecule has 0 spiro atoms. The minimum Gasteiger partial charge on any atom is -0.396 e. The van der Waals surface area contributed by atoms with E-state index in [4.69, 9.17) is 0 Å². The highest BCUT2D eigenvalue weighted by molar-refractivity contribution is 9.10. The van der Waals surface area contributed by atoms with E-state index in [9.17, 15) is 5.11 Å². The summed E-state index contributed by atoms with van der Waals surface area (Å²) in [6.45, 7) is 5.39. The first-order chi connectivity index (χ1) is 8.72. The van der Waals surface area contributed by atoms with Crippen molar-refractivity contribution in [1.82, 2.24) is 5.32 Å². The van der Waals surface area contributed by atoms with Crippen molar-refractivity contribution in [2.75, 3.05) is 31.1 Å². The van der Waals surface area contributed by atoms with Crippen LogP contribution in [0.2, 0.25) is 0 Å². The second-order valence-electron chi connectivity index (χ2n) is 4.87. The third-order valence-corrected chi connectivity index (χ3v) is 4.08. The van der Waals surface area contributed by atoms with Gasteiger partial charge in [0.05, 0.1) is 5.69 Å². The maximum atomic E-state index is 9.22. The van der Waals surface area contributed by atoms with Crippen LogP contribution >= 0.6 is 15.9 Å². The number of benzene rings is 1. The van der Waals surface area contributed by atoms with Gasteiger partial charge in [0.25, 0.3) is 0 Å². The molecule has 1 aromatic carbocycles. The van der Waals surface area contributed by atoms with Crippen molar-refractivity contribution in [2.24, 2.45) is 0 Å². The van der Waals surface area contributed by atoms with Crippen LogP contribution in [0.4, 0.5) is 5.69 Å². The Balaban J connectivity index is 2.25. The Morgan fingerprint density at radius 2 is 2.33 bits per heavy atom. The number of hydrogen-bond acceptors (Lipinski definition) is 3. The van der Waals surface area contributed by atoms with Gasteiger partial charge in [-0.05, 0) is 59.9 Å². The summed E-state index contributed by atoms with van der Waals surface area (Å²) in [6, 6.07) is 6.85. The quantitative estimate of drug-likeness (QED) is 0.899. The summed E-state index contributed by atoms with van der Waals surface area (Å²) in [7, 11) is 0. The van der Waals surface area contributed by atoms with Crippen molar-refractivity contribution < 1.29 is 5.11 Å². The van der Waals surface area contributed by atoms with Crippen molar-refractivity contribution in [1.29, 1.82) is 0 Å². The average Bonchev–Trinajstić information content (AvgIpc) is 2.56. The van der Waals surface area contributed by atoms with Crippen LogP contribution in [0.1, 0.15) is 18.4 Å². The number of rotatable bonds is 3. The smallest absolute Gasteiger partial charge is 0.0513 e. The lowest BCUT2D eigenvalue weighted by atomic mass is 10.1. The summed E-state index contributed by atoms with van der Waals surface area (Å²) in [5.74, 6) is 0. The summed E-state index contributed by atoms with van der Waals surface area (Å²) in [5.41, 5.74) is 2.50. The van der Waals surface area contributed by atoms with Gasteiger partial charge in [-0.25, -0.2) is 0 Å². The Morgan fingerprint density at radius 1 is 1.50 bits per heavy atom. The van der Waals surface area contributed by atoms with E-state index in [1.807, 2.05) is 0 Å². The molecule has 18 heavy (non-hydrogen) atoms. The zero-order valence-corrected chi connectivity index (χ0v) is 12.4. The van der Waals surface area contributed by atoms with E-state index in [0.29, 0.717) is 6.04 Å². The molecule has 0 radical (unpaired) electrons. The van der Waals surface area contributed by atoms with Gasteiger partial charge >= 0.3 is 0 Å². The van der Waals surface area contributed by atoms with Crippen LogP contribution in [-0.2, 0) is 0 Å². The highest BCUT2D eigenvalue weighted by atomic mass is 79.9. The van der Waals surface area contributed by atoms with Gasteiger partial charge in [0.15, 0.2) is 0 Å². The zero-order chi connectivity index (χ0) is 13.0. The monoisotopic (exact) mass is 312 g/mol. The Bertz CT molecular complexity index is 397. The molecule has 100 valence electrons. The predicted molar refractivity (Wildman–Crippen MR) is 79.2 cm³/mol. The summed E-state index contributed by atoms with van der Waals surface area (Å²) < 4.78 is 1.15. The maximum Gasteiger partial charge on any atom is 0.0513 e. The Morgan fingerprint density at radius 3 is 3.06 bits per heavy atom. The molecule has 0 amide bonds. The number of anilines is 1. The molecule has 3 nitrogen and oxygen atoms in total. The largest absolute Gasteiger partial charge is 0.396 e. The van der Waals surface area contributed by atoms with E-state index in [-0.39, 0.29) is 6.61 Å². The topological polar surface area (TPSA) is 35.5 Å². The molecular formula is C14H21BrN2O. The van der Waals surface area contributed by atoms with Crippen molar-refractivity contribution in [3.63, 3.8) is 0 Å². The number of nitrogens with zero attached hydrogens (tertiary/aromatic N) is 1. The molecule has 1 heterocycles. The predicted octanol–water partition coefficient (Wildman–Crippen LogP) is 2.31. The van der Waals surface area contributed by atoms with E-state index >= 15 is 0 Å². The average molecular weight is 313 g/mol. The second kappa shape index (κ2) is 6.55. The molecule has 2 N–H and O–H groups in total. The fourth-order valence-corrected chi connectivity index (χ4v) is 3.23. The molecule has 0 saturated carbocycles. The van der Waals surface area contributed by atoms with Gasteiger partial charge in [-0.1, -0.05) is 6.07 Å². The lowest BCUT2D eigenvalue weighted by molar-refractivity contribution is 0.273. The molecule has 2 rings (SSSR count). The number of nitrogens with one attached hydrogen (secondary N) is 1. The van der Waals surface area contributed by atoms with Crippen LogP contribution in [0.15, 0.2) is 22.7 Å². The molecule has 1 fully saturated rings. The first-order valence-corrected chi connectivity index (χ1v) is 7.36. The third kappa shape index (κ3) is 3.25. The minimum absolute atomic E-state index is 0.242. The van der Waals surface area contributed by atoms with Gasteiger partial charge in [-0.3, -0.25) is 0 Å². The van der Waals surface area contributed by atoms with Gasteiger partial charge in [0.1, 0.15) is 0 Å². The number of aliphatic hydroxyl groups is 1. The molecule has 0 aromatic heterocycles. The van der Waals surface area contributed by atoms with Gasteiger partial charge in [0.2, 0.25) is 0 Å². The zero-order valence-electron chi connectivity index (χ0n) is 10.8. The SMILES string of the molecule is Cc1ccc(N2CCCNCC2CCO)c(Br)c1. The molecule has 1 atom stereocenters. The highest BCUT2D eigenvalue weighted by Crippen LogP contribution is 2.30. The van der Waals surface area contributed by atoms with Crippen LogP contribution in [0.3, 0.4) is 0 Å². The van der Waals surface area contributed by atoms with E-state index in [1.54, 1.807) is 0 Å². The fourth-order valence-electron chi connectivity index (χ4n) is 2.50. The highest BCUT2D eigenvalue weighted by Gasteiger charge is 2.22. The standard InChI is InChI=1S/C14H21BrN2O/c1-11-3-4-14(13(15)9-11)17-7-2-6-16-10-12(17)5-8-18/h3-4,9,12,16,18H,2,5-8,10H2,1H3. The van der Waals surface area contributed by atoms with Gasteiger partial charge < -0.3 is 15.3 Å². The fraction of sp³-hybridized carbons (Fsp3) is 0.571. The summed E-state index contributed by atoms with van der Waals surface area (Å²) in [4.78, 5) is 2.42. The summed E-state index contributed by atoms with van der Waals surface area (Å²) in [6.07, 6.45) is 1.95. The van der Waals surface area contributed by atoms with Crippen LogP contribution in [0.5, 0.6) is 0 Å². The van der Waals surface area contributed by atoms with Gasteiger partial charge in [0, 0.05) is 30.2 Å². The second-order valence-corrected chi connectivity index (χ2v) is 5.73.